The normalized spacial score (nSPS) is 10.4. The van der Waals surface area contributed by atoms with Crippen LogP contribution in [-0.4, -0.2) is 25.7 Å². The minimum absolute atomic E-state index is 0.260. The third-order valence-corrected chi connectivity index (χ3v) is 3.27. The zero-order valence-electron chi connectivity index (χ0n) is 12.1. The summed E-state index contributed by atoms with van der Waals surface area (Å²) in [6.07, 6.45) is 6.25. The number of amides is 1. The zero-order chi connectivity index (χ0) is 15.4. The van der Waals surface area contributed by atoms with Gasteiger partial charge in [-0.25, -0.2) is 4.98 Å². The van der Waals surface area contributed by atoms with E-state index in [2.05, 4.69) is 39.4 Å². The summed E-state index contributed by atoms with van der Waals surface area (Å²) >= 11 is 0. The topological polar surface area (TPSA) is 72.7 Å². The second-order valence-electron chi connectivity index (χ2n) is 4.87. The fourth-order valence-corrected chi connectivity index (χ4v) is 2.08. The lowest BCUT2D eigenvalue weighted by Gasteiger charge is -2.05. The first-order valence-electron chi connectivity index (χ1n) is 6.88. The minimum atomic E-state index is -0.325. The van der Waals surface area contributed by atoms with Gasteiger partial charge in [-0.2, -0.15) is 5.10 Å². The van der Waals surface area contributed by atoms with Gasteiger partial charge in [0, 0.05) is 24.7 Å². The van der Waals surface area contributed by atoms with E-state index in [9.17, 15) is 4.79 Å². The summed E-state index contributed by atoms with van der Waals surface area (Å²) in [7, 11) is 0. The molecule has 0 bridgehead atoms. The van der Waals surface area contributed by atoms with Gasteiger partial charge in [0.15, 0.2) is 5.82 Å². The molecule has 110 valence electrons. The highest BCUT2D eigenvalue weighted by atomic mass is 16.2. The van der Waals surface area contributed by atoms with Crippen LogP contribution < -0.4 is 5.32 Å². The number of carbonyl (C=O) groups is 1. The van der Waals surface area contributed by atoms with Gasteiger partial charge >= 0.3 is 0 Å². The molecule has 0 radical (unpaired) electrons. The van der Waals surface area contributed by atoms with Crippen LogP contribution in [0.15, 0.2) is 55.1 Å². The largest absolute Gasteiger partial charge is 0.304 e. The van der Waals surface area contributed by atoms with Gasteiger partial charge in [-0.3, -0.25) is 14.5 Å². The Bertz CT molecular complexity index is 782. The van der Waals surface area contributed by atoms with Crippen molar-refractivity contribution in [2.45, 2.75) is 13.5 Å². The molecule has 0 aliphatic rings. The van der Waals surface area contributed by atoms with Gasteiger partial charge in [0.05, 0.1) is 12.7 Å². The van der Waals surface area contributed by atoms with E-state index in [1.807, 2.05) is 18.3 Å². The Morgan fingerprint density at radius 2 is 2.09 bits per heavy atom. The molecule has 22 heavy (non-hydrogen) atoms. The highest BCUT2D eigenvalue weighted by Gasteiger charge is 2.09. The Kier molecular flexibility index (Phi) is 3.91. The first-order chi connectivity index (χ1) is 10.7. The summed E-state index contributed by atoms with van der Waals surface area (Å²) in [6.45, 7) is 2.73. The summed E-state index contributed by atoms with van der Waals surface area (Å²) in [5, 5.41) is 7.05. The molecule has 1 N–H and O–H groups in total. The standard InChI is InChI=1S/C16H15N5O/c1-12-4-2-3-5-13(12)11-21-9-6-15(20-21)19-16(22)14-10-17-7-8-18-14/h2-10H,11H2,1H3,(H,19,20,22). The molecule has 0 saturated carbocycles. The van der Waals surface area contributed by atoms with Crippen LogP contribution in [0.1, 0.15) is 21.6 Å². The molecule has 3 rings (SSSR count). The van der Waals surface area contributed by atoms with Gasteiger partial charge < -0.3 is 5.32 Å². The third kappa shape index (κ3) is 3.17. The highest BCUT2D eigenvalue weighted by molar-refractivity contribution is 6.01. The maximum atomic E-state index is 12.0. The fourth-order valence-electron chi connectivity index (χ4n) is 2.08. The van der Waals surface area contributed by atoms with Gasteiger partial charge in [0.1, 0.15) is 5.69 Å². The Labute approximate surface area is 127 Å². The molecule has 0 aliphatic heterocycles. The predicted molar refractivity (Wildman–Crippen MR) is 82.5 cm³/mol. The van der Waals surface area contributed by atoms with Crippen molar-refractivity contribution in [2.75, 3.05) is 5.32 Å². The van der Waals surface area contributed by atoms with Gasteiger partial charge in [-0.05, 0) is 18.1 Å². The number of hydrogen-bond donors (Lipinski definition) is 1. The molecule has 2 aromatic heterocycles. The molecule has 6 heteroatoms. The van der Waals surface area contributed by atoms with Crippen LogP contribution in [0.4, 0.5) is 5.82 Å². The summed E-state index contributed by atoms with van der Waals surface area (Å²) in [6, 6.07) is 9.90. The molecule has 0 atom stereocenters. The van der Waals surface area contributed by atoms with E-state index >= 15 is 0 Å². The van der Waals surface area contributed by atoms with Crippen molar-refractivity contribution in [2.24, 2.45) is 0 Å². The maximum Gasteiger partial charge on any atom is 0.277 e. The molecule has 3 aromatic rings. The SMILES string of the molecule is Cc1ccccc1Cn1ccc(NC(=O)c2cnccn2)n1. The van der Waals surface area contributed by atoms with E-state index in [-0.39, 0.29) is 11.6 Å². The van der Waals surface area contributed by atoms with E-state index in [0.29, 0.717) is 12.4 Å². The molecule has 1 aromatic carbocycles. The van der Waals surface area contributed by atoms with Crippen molar-refractivity contribution < 1.29 is 4.79 Å². The average Bonchev–Trinajstić information content (AvgIpc) is 2.97. The lowest BCUT2D eigenvalue weighted by Crippen LogP contribution is -2.14. The average molecular weight is 293 g/mol. The molecule has 0 saturated heterocycles. The lowest BCUT2D eigenvalue weighted by atomic mass is 10.1. The van der Waals surface area contributed by atoms with Crippen LogP contribution in [0.25, 0.3) is 0 Å². The first kappa shape index (κ1) is 13.9. The second kappa shape index (κ2) is 6.17. The molecular weight excluding hydrogens is 278 g/mol. The quantitative estimate of drug-likeness (QED) is 0.801. The summed E-state index contributed by atoms with van der Waals surface area (Å²) in [5.41, 5.74) is 2.66. The maximum absolute atomic E-state index is 12.0. The molecule has 0 fully saturated rings. The first-order valence-corrected chi connectivity index (χ1v) is 6.88. The van der Waals surface area contributed by atoms with Crippen LogP contribution in [0.5, 0.6) is 0 Å². The smallest absolute Gasteiger partial charge is 0.277 e. The van der Waals surface area contributed by atoms with Gasteiger partial charge in [-0.15, -0.1) is 0 Å². The van der Waals surface area contributed by atoms with E-state index in [4.69, 9.17) is 0 Å². The van der Waals surface area contributed by atoms with Crippen molar-refractivity contribution in [3.63, 3.8) is 0 Å². The molecular formula is C16H15N5O. The van der Waals surface area contributed by atoms with E-state index in [1.54, 1.807) is 10.7 Å². The number of aromatic nitrogens is 4. The number of rotatable bonds is 4. The van der Waals surface area contributed by atoms with E-state index < -0.39 is 0 Å². The van der Waals surface area contributed by atoms with Crippen molar-refractivity contribution in [3.05, 3.63) is 71.9 Å². The summed E-state index contributed by atoms with van der Waals surface area (Å²) in [4.78, 5) is 19.8. The van der Waals surface area contributed by atoms with Gasteiger partial charge in [0.25, 0.3) is 5.91 Å². The Hall–Kier alpha value is -3.02. The molecule has 0 aliphatic carbocycles. The number of hydrogen-bond acceptors (Lipinski definition) is 4. The number of carbonyl (C=O) groups excluding carboxylic acids is 1. The Morgan fingerprint density at radius 3 is 2.86 bits per heavy atom. The number of aryl methyl sites for hydroxylation is 1. The van der Waals surface area contributed by atoms with E-state index in [0.717, 1.165) is 0 Å². The lowest BCUT2D eigenvalue weighted by molar-refractivity contribution is 0.102. The molecule has 6 nitrogen and oxygen atoms in total. The molecule has 2 heterocycles. The minimum Gasteiger partial charge on any atom is -0.304 e. The van der Waals surface area contributed by atoms with Crippen LogP contribution in [0, 0.1) is 6.92 Å². The van der Waals surface area contributed by atoms with Gasteiger partial charge in [-0.1, -0.05) is 24.3 Å². The Balaban J connectivity index is 1.69. The number of anilines is 1. The Morgan fingerprint density at radius 1 is 1.23 bits per heavy atom. The molecule has 0 unspecified atom stereocenters. The van der Waals surface area contributed by atoms with Crippen molar-refractivity contribution in [1.29, 1.82) is 0 Å². The van der Waals surface area contributed by atoms with Gasteiger partial charge in [0.2, 0.25) is 0 Å². The van der Waals surface area contributed by atoms with Crippen molar-refractivity contribution in [1.82, 2.24) is 19.7 Å². The number of benzene rings is 1. The third-order valence-electron chi connectivity index (χ3n) is 3.27. The van der Waals surface area contributed by atoms with Crippen LogP contribution in [0.3, 0.4) is 0 Å². The van der Waals surface area contributed by atoms with E-state index in [1.165, 1.54) is 29.7 Å². The van der Waals surface area contributed by atoms with Crippen LogP contribution in [0.2, 0.25) is 0 Å². The van der Waals surface area contributed by atoms with Crippen molar-refractivity contribution >= 4 is 11.7 Å². The van der Waals surface area contributed by atoms with Crippen molar-refractivity contribution in [3.8, 4) is 0 Å². The summed E-state index contributed by atoms with van der Waals surface area (Å²) < 4.78 is 1.79. The highest BCUT2D eigenvalue weighted by Crippen LogP contribution is 2.11. The van der Waals surface area contributed by atoms with Crippen LogP contribution in [-0.2, 0) is 6.54 Å². The summed E-state index contributed by atoms with van der Waals surface area (Å²) in [5.74, 6) is 0.165. The zero-order valence-corrected chi connectivity index (χ0v) is 12.1. The second-order valence-corrected chi connectivity index (χ2v) is 4.87. The van der Waals surface area contributed by atoms with Crippen LogP contribution >= 0.6 is 0 Å². The molecule has 1 amide bonds. The predicted octanol–water partition coefficient (Wildman–Crippen LogP) is 2.28. The number of nitrogens with one attached hydrogen (secondary N) is 1. The monoisotopic (exact) mass is 293 g/mol. The number of nitrogens with zero attached hydrogens (tertiary/aromatic N) is 4. The molecule has 0 spiro atoms. The fraction of sp³-hybridized carbons (Fsp3) is 0.125.